The second-order valence-electron chi connectivity index (χ2n) is 4.82. The average Bonchev–Trinajstić information content (AvgIpc) is 2.56. The van der Waals surface area contributed by atoms with E-state index < -0.39 is 5.97 Å². The highest BCUT2D eigenvalue weighted by molar-refractivity contribution is 5.93. The highest BCUT2D eigenvalue weighted by Crippen LogP contribution is 2.24. The Kier molecular flexibility index (Phi) is 3.74. The van der Waals surface area contributed by atoms with Crippen molar-refractivity contribution >= 4 is 11.5 Å². The minimum atomic E-state index is -0.595. The Hall–Kier alpha value is -2.88. The zero-order valence-corrected chi connectivity index (χ0v) is 12.2. The van der Waals surface area contributed by atoms with Gasteiger partial charge in [-0.15, -0.1) is 0 Å². The number of carbonyl (C=O) groups is 1. The second kappa shape index (κ2) is 5.85. The molecule has 2 aromatic heterocycles. The summed E-state index contributed by atoms with van der Waals surface area (Å²) in [5, 5.41) is 0. The molecule has 4 heteroatoms. The zero-order valence-electron chi connectivity index (χ0n) is 12.2. The van der Waals surface area contributed by atoms with E-state index in [0.29, 0.717) is 0 Å². The van der Waals surface area contributed by atoms with Crippen LogP contribution in [0.2, 0.25) is 0 Å². The van der Waals surface area contributed by atoms with E-state index in [0.717, 1.165) is 16.6 Å². The van der Waals surface area contributed by atoms with Crippen LogP contribution in [0.15, 0.2) is 65.6 Å². The van der Waals surface area contributed by atoms with Crippen molar-refractivity contribution in [2.45, 2.75) is 6.92 Å². The smallest absolute Gasteiger partial charge is 0.343 e. The fourth-order valence-corrected chi connectivity index (χ4v) is 2.45. The topological polar surface area (TPSA) is 47.8 Å². The van der Waals surface area contributed by atoms with Crippen LogP contribution in [0.1, 0.15) is 17.3 Å². The van der Waals surface area contributed by atoms with Gasteiger partial charge in [0.15, 0.2) is 0 Å². The Bertz CT molecular complexity index is 882. The van der Waals surface area contributed by atoms with E-state index in [2.05, 4.69) is 0 Å². The van der Waals surface area contributed by atoms with E-state index in [1.165, 1.54) is 4.40 Å². The summed E-state index contributed by atoms with van der Waals surface area (Å²) < 4.78 is 6.48. The molecule has 22 heavy (non-hydrogen) atoms. The first kappa shape index (κ1) is 14.1. The lowest BCUT2D eigenvalue weighted by molar-refractivity contribution is 0.0524. The van der Waals surface area contributed by atoms with Gasteiger partial charge in [-0.05, 0) is 30.7 Å². The average molecular weight is 293 g/mol. The molecule has 1 aromatic carbocycles. The fourth-order valence-electron chi connectivity index (χ4n) is 2.45. The number of aromatic nitrogens is 1. The molecule has 0 saturated carbocycles. The summed E-state index contributed by atoms with van der Waals surface area (Å²) in [7, 11) is 0. The standard InChI is InChI=1S/C18H15NO3/c1-2-22-18(21)15-12-14(13-8-4-3-5-9-13)16-10-6-7-11-19(16)17(15)20/h3-12H,2H2,1H3. The summed E-state index contributed by atoms with van der Waals surface area (Å²) >= 11 is 0. The molecule has 0 atom stereocenters. The molecule has 0 saturated heterocycles. The number of fused-ring (bicyclic) bond motifs is 1. The van der Waals surface area contributed by atoms with Crippen LogP contribution in [-0.4, -0.2) is 17.0 Å². The summed E-state index contributed by atoms with van der Waals surface area (Å²) in [6.07, 6.45) is 1.66. The minimum absolute atomic E-state index is 0.0457. The monoisotopic (exact) mass is 293 g/mol. The van der Waals surface area contributed by atoms with Crippen LogP contribution in [0.5, 0.6) is 0 Å². The Balaban J connectivity index is 2.34. The maximum Gasteiger partial charge on any atom is 0.343 e. The quantitative estimate of drug-likeness (QED) is 0.697. The Morgan fingerprint density at radius 1 is 1.09 bits per heavy atom. The van der Waals surface area contributed by atoms with Crippen molar-refractivity contribution in [1.29, 1.82) is 0 Å². The molecule has 0 unspecified atom stereocenters. The summed E-state index contributed by atoms with van der Waals surface area (Å²) in [5.41, 5.74) is 2.20. The molecule has 3 aromatic rings. The third-order valence-corrected chi connectivity index (χ3v) is 3.45. The molecule has 0 fully saturated rings. The van der Waals surface area contributed by atoms with Crippen LogP contribution in [0.3, 0.4) is 0 Å². The Morgan fingerprint density at radius 3 is 2.55 bits per heavy atom. The van der Waals surface area contributed by atoms with Crippen molar-refractivity contribution in [1.82, 2.24) is 4.40 Å². The molecule has 0 aliphatic heterocycles. The summed E-state index contributed by atoms with van der Waals surface area (Å²) in [4.78, 5) is 24.5. The maximum absolute atomic E-state index is 12.5. The molecule has 2 heterocycles. The van der Waals surface area contributed by atoms with Gasteiger partial charge in [-0.25, -0.2) is 4.79 Å². The van der Waals surface area contributed by atoms with Crippen LogP contribution in [-0.2, 0) is 4.74 Å². The van der Waals surface area contributed by atoms with Gasteiger partial charge in [0.25, 0.3) is 5.56 Å². The summed E-state index contributed by atoms with van der Waals surface area (Å²) in [6, 6.07) is 16.8. The van der Waals surface area contributed by atoms with Crippen LogP contribution >= 0.6 is 0 Å². The number of pyridine rings is 2. The third kappa shape index (κ3) is 2.39. The number of carbonyl (C=O) groups excluding carboxylic acids is 1. The van der Waals surface area contributed by atoms with E-state index in [1.54, 1.807) is 25.3 Å². The number of esters is 1. The van der Waals surface area contributed by atoms with Gasteiger partial charge in [0.1, 0.15) is 5.56 Å². The lowest BCUT2D eigenvalue weighted by Gasteiger charge is -2.10. The third-order valence-electron chi connectivity index (χ3n) is 3.45. The zero-order chi connectivity index (χ0) is 15.5. The molecule has 0 radical (unpaired) electrons. The predicted molar refractivity (Wildman–Crippen MR) is 85.1 cm³/mol. The number of benzene rings is 1. The van der Waals surface area contributed by atoms with Crippen LogP contribution < -0.4 is 5.56 Å². The van der Waals surface area contributed by atoms with Crippen molar-refractivity contribution in [3.8, 4) is 11.1 Å². The number of nitrogens with zero attached hydrogens (tertiary/aromatic N) is 1. The molecular formula is C18H15NO3. The van der Waals surface area contributed by atoms with Crippen molar-refractivity contribution in [2.75, 3.05) is 6.61 Å². The van der Waals surface area contributed by atoms with Crippen LogP contribution in [0.25, 0.3) is 16.6 Å². The number of hydrogen-bond acceptors (Lipinski definition) is 3. The molecule has 110 valence electrons. The Morgan fingerprint density at radius 2 is 1.82 bits per heavy atom. The van der Waals surface area contributed by atoms with Crippen LogP contribution in [0.4, 0.5) is 0 Å². The highest BCUT2D eigenvalue weighted by atomic mass is 16.5. The Labute approximate surface area is 127 Å². The van der Waals surface area contributed by atoms with E-state index in [-0.39, 0.29) is 17.7 Å². The first-order valence-corrected chi connectivity index (χ1v) is 7.09. The van der Waals surface area contributed by atoms with E-state index in [9.17, 15) is 9.59 Å². The number of ether oxygens (including phenoxy) is 1. The molecular weight excluding hydrogens is 278 g/mol. The van der Waals surface area contributed by atoms with E-state index in [4.69, 9.17) is 4.74 Å². The SMILES string of the molecule is CCOC(=O)c1cc(-c2ccccc2)c2ccccn2c1=O. The van der Waals surface area contributed by atoms with Crippen molar-refractivity contribution in [2.24, 2.45) is 0 Å². The van der Waals surface area contributed by atoms with Gasteiger partial charge in [-0.1, -0.05) is 36.4 Å². The molecule has 0 N–H and O–H groups in total. The molecule has 0 spiro atoms. The molecule has 4 nitrogen and oxygen atoms in total. The summed E-state index contributed by atoms with van der Waals surface area (Å²) in [5.74, 6) is -0.595. The van der Waals surface area contributed by atoms with Crippen LogP contribution in [0, 0.1) is 0 Å². The summed E-state index contributed by atoms with van der Waals surface area (Å²) in [6.45, 7) is 1.95. The van der Waals surface area contributed by atoms with Crippen molar-refractivity contribution < 1.29 is 9.53 Å². The molecule has 3 rings (SSSR count). The molecule has 0 amide bonds. The van der Waals surface area contributed by atoms with Gasteiger partial charge in [0.2, 0.25) is 0 Å². The van der Waals surface area contributed by atoms with Gasteiger partial charge in [-0.3, -0.25) is 9.20 Å². The van der Waals surface area contributed by atoms with Gasteiger partial charge in [0.05, 0.1) is 12.1 Å². The molecule has 0 bridgehead atoms. The highest BCUT2D eigenvalue weighted by Gasteiger charge is 2.17. The van der Waals surface area contributed by atoms with Gasteiger partial charge < -0.3 is 4.74 Å². The van der Waals surface area contributed by atoms with E-state index in [1.807, 2.05) is 42.5 Å². The van der Waals surface area contributed by atoms with Gasteiger partial charge in [0, 0.05) is 11.8 Å². The molecule has 0 aliphatic carbocycles. The minimum Gasteiger partial charge on any atom is -0.462 e. The van der Waals surface area contributed by atoms with Crippen molar-refractivity contribution in [3.63, 3.8) is 0 Å². The lowest BCUT2D eigenvalue weighted by Crippen LogP contribution is -2.23. The fraction of sp³-hybridized carbons (Fsp3) is 0.111. The van der Waals surface area contributed by atoms with Crippen molar-refractivity contribution in [3.05, 3.63) is 76.7 Å². The normalized spacial score (nSPS) is 10.6. The van der Waals surface area contributed by atoms with E-state index >= 15 is 0 Å². The van der Waals surface area contributed by atoms with Gasteiger partial charge in [-0.2, -0.15) is 0 Å². The maximum atomic E-state index is 12.5. The first-order valence-electron chi connectivity index (χ1n) is 7.09. The number of rotatable bonds is 3. The lowest BCUT2D eigenvalue weighted by atomic mass is 10.0. The van der Waals surface area contributed by atoms with Gasteiger partial charge >= 0.3 is 5.97 Å². The first-order chi connectivity index (χ1) is 10.7. The number of hydrogen-bond donors (Lipinski definition) is 0. The second-order valence-corrected chi connectivity index (χ2v) is 4.82. The largest absolute Gasteiger partial charge is 0.462 e. The molecule has 0 aliphatic rings. The predicted octanol–water partition coefficient (Wildman–Crippen LogP) is 3.14.